The number of halogens is 1. The van der Waals surface area contributed by atoms with Gasteiger partial charge in [0.1, 0.15) is 6.04 Å². The summed E-state index contributed by atoms with van der Waals surface area (Å²) in [5.74, 6) is 0.642. The van der Waals surface area contributed by atoms with Crippen molar-refractivity contribution >= 4 is 17.5 Å². The third-order valence-electron chi connectivity index (χ3n) is 3.47. The minimum absolute atomic E-state index is 0.0173. The Morgan fingerprint density at radius 2 is 2.15 bits per heavy atom. The van der Waals surface area contributed by atoms with E-state index in [-0.39, 0.29) is 11.9 Å². The molecule has 3 N–H and O–H groups in total. The summed E-state index contributed by atoms with van der Waals surface area (Å²) in [7, 11) is 0. The first-order valence-corrected chi connectivity index (χ1v) is 7.46. The number of rotatable bonds is 5. The molecule has 1 amide bonds. The summed E-state index contributed by atoms with van der Waals surface area (Å²) >= 11 is 6.07. The topological polar surface area (TPSA) is 53.2 Å². The molecular formula is C15H22ClN3O. The number of hydrogen-bond acceptors (Lipinski definition) is 3. The van der Waals surface area contributed by atoms with Crippen molar-refractivity contribution in [1.29, 1.82) is 0 Å². The standard InChI is InChI=1S/C15H22ClN3O/c1-10(2)7-12-8-14(19-18-12)15(20)17-9-11-5-3-4-6-13(11)16/h3-6,10,12,14,18-19H,7-9H2,1-2H3,(H,17,20). The molecule has 1 aromatic carbocycles. The molecule has 4 nitrogen and oxygen atoms in total. The lowest BCUT2D eigenvalue weighted by Gasteiger charge is -2.12. The summed E-state index contributed by atoms with van der Waals surface area (Å²) in [6.07, 6.45) is 1.90. The predicted octanol–water partition coefficient (Wildman–Crippen LogP) is 2.24. The maximum atomic E-state index is 12.1. The lowest BCUT2D eigenvalue weighted by Crippen LogP contribution is -2.43. The highest BCUT2D eigenvalue weighted by atomic mass is 35.5. The fourth-order valence-corrected chi connectivity index (χ4v) is 2.67. The molecule has 1 aromatic rings. The molecule has 2 rings (SSSR count). The number of hydrogen-bond donors (Lipinski definition) is 3. The van der Waals surface area contributed by atoms with Crippen molar-refractivity contribution in [2.24, 2.45) is 5.92 Å². The van der Waals surface area contributed by atoms with Crippen LogP contribution in [0.15, 0.2) is 24.3 Å². The molecule has 0 aromatic heterocycles. The third kappa shape index (κ3) is 4.20. The molecule has 0 saturated carbocycles. The predicted molar refractivity (Wildman–Crippen MR) is 81.2 cm³/mol. The van der Waals surface area contributed by atoms with Crippen LogP contribution in [0.2, 0.25) is 5.02 Å². The van der Waals surface area contributed by atoms with E-state index >= 15 is 0 Å². The van der Waals surface area contributed by atoms with Gasteiger partial charge in [0.05, 0.1) is 0 Å². The number of hydrazine groups is 1. The summed E-state index contributed by atoms with van der Waals surface area (Å²) in [5.41, 5.74) is 7.20. The Morgan fingerprint density at radius 3 is 2.85 bits per heavy atom. The maximum absolute atomic E-state index is 12.1. The van der Waals surface area contributed by atoms with E-state index in [4.69, 9.17) is 11.6 Å². The molecule has 110 valence electrons. The molecule has 2 atom stereocenters. The van der Waals surface area contributed by atoms with Crippen LogP contribution < -0.4 is 16.2 Å². The Hall–Kier alpha value is -1.10. The van der Waals surface area contributed by atoms with Crippen LogP contribution >= 0.6 is 11.6 Å². The lowest BCUT2D eigenvalue weighted by molar-refractivity contribution is -0.123. The zero-order valence-corrected chi connectivity index (χ0v) is 12.7. The average Bonchev–Trinajstić information content (AvgIpc) is 2.85. The Kier molecular flexibility index (Phi) is 5.40. The largest absolute Gasteiger partial charge is 0.351 e. The minimum atomic E-state index is -0.166. The molecule has 0 aliphatic carbocycles. The SMILES string of the molecule is CC(C)CC1CC(C(=O)NCc2ccccc2Cl)NN1. The van der Waals surface area contributed by atoms with Crippen molar-refractivity contribution in [3.05, 3.63) is 34.9 Å². The van der Waals surface area contributed by atoms with Crippen molar-refractivity contribution in [3.63, 3.8) is 0 Å². The van der Waals surface area contributed by atoms with Crippen molar-refractivity contribution < 1.29 is 4.79 Å². The molecule has 1 fully saturated rings. The molecule has 0 bridgehead atoms. The Bertz CT molecular complexity index is 464. The van der Waals surface area contributed by atoms with Gasteiger partial charge in [0.2, 0.25) is 5.91 Å². The van der Waals surface area contributed by atoms with E-state index in [0.29, 0.717) is 23.5 Å². The Balaban J connectivity index is 1.80. The van der Waals surface area contributed by atoms with Crippen molar-refractivity contribution in [1.82, 2.24) is 16.2 Å². The quantitative estimate of drug-likeness (QED) is 0.781. The second-order valence-corrected chi connectivity index (χ2v) is 6.12. The van der Waals surface area contributed by atoms with Gasteiger partial charge >= 0.3 is 0 Å². The number of amides is 1. The van der Waals surface area contributed by atoms with E-state index in [1.165, 1.54) is 0 Å². The van der Waals surface area contributed by atoms with Gasteiger partial charge in [-0.3, -0.25) is 10.2 Å². The van der Waals surface area contributed by atoms with Crippen LogP contribution in [0.4, 0.5) is 0 Å². The summed E-state index contributed by atoms with van der Waals surface area (Å²) in [5, 5.41) is 3.61. The monoisotopic (exact) mass is 295 g/mol. The number of nitrogens with one attached hydrogen (secondary N) is 3. The van der Waals surface area contributed by atoms with Gasteiger partial charge < -0.3 is 5.32 Å². The highest BCUT2D eigenvalue weighted by Crippen LogP contribution is 2.16. The highest BCUT2D eigenvalue weighted by molar-refractivity contribution is 6.31. The molecule has 1 heterocycles. The minimum Gasteiger partial charge on any atom is -0.351 e. The molecule has 5 heteroatoms. The second-order valence-electron chi connectivity index (χ2n) is 5.71. The number of benzene rings is 1. The first-order chi connectivity index (χ1) is 9.56. The van der Waals surface area contributed by atoms with Gasteiger partial charge in [-0.1, -0.05) is 43.6 Å². The third-order valence-corrected chi connectivity index (χ3v) is 3.83. The van der Waals surface area contributed by atoms with Crippen LogP contribution in [0.1, 0.15) is 32.3 Å². The van der Waals surface area contributed by atoms with Gasteiger partial charge in [-0.15, -0.1) is 0 Å². The van der Waals surface area contributed by atoms with Crippen LogP contribution in [-0.2, 0) is 11.3 Å². The van der Waals surface area contributed by atoms with Gasteiger partial charge in [0, 0.05) is 17.6 Å². The summed E-state index contributed by atoms with van der Waals surface area (Å²) in [6, 6.07) is 7.75. The van der Waals surface area contributed by atoms with E-state index in [9.17, 15) is 4.79 Å². The van der Waals surface area contributed by atoms with Crippen LogP contribution in [-0.4, -0.2) is 18.0 Å². The highest BCUT2D eigenvalue weighted by Gasteiger charge is 2.29. The Morgan fingerprint density at radius 1 is 1.40 bits per heavy atom. The van der Waals surface area contributed by atoms with Gasteiger partial charge in [-0.05, 0) is 30.4 Å². The maximum Gasteiger partial charge on any atom is 0.238 e. The molecule has 20 heavy (non-hydrogen) atoms. The van der Waals surface area contributed by atoms with Gasteiger partial charge in [0.15, 0.2) is 0 Å². The molecule has 1 saturated heterocycles. The van der Waals surface area contributed by atoms with Crippen LogP contribution in [0.25, 0.3) is 0 Å². The zero-order chi connectivity index (χ0) is 14.5. The second kappa shape index (κ2) is 7.07. The van der Waals surface area contributed by atoms with Crippen molar-refractivity contribution in [2.75, 3.05) is 0 Å². The summed E-state index contributed by atoms with van der Waals surface area (Å²) in [4.78, 5) is 12.1. The van der Waals surface area contributed by atoms with E-state index < -0.39 is 0 Å². The molecule has 0 radical (unpaired) electrons. The number of carbonyl (C=O) groups is 1. The summed E-state index contributed by atoms with van der Waals surface area (Å²) < 4.78 is 0. The van der Waals surface area contributed by atoms with Crippen LogP contribution in [0, 0.1) is 5.92 Å². The van der Waals surface area contributed by atoms with E-state index in [0.717, 1.165) is 18.4 Å². The lowest BCUT2D eigenvalue weighted by atomic mass is 10.00. The smallest absolute Gasteiger partial charge is 0.238 e. The zero-order valence-electron chi connectivity index (χ0n) is 11.9. The Labute approximate surface area is 125 Å². The molecule has 1 aliphatic heterocycles. The number of carbonyl (C=O) groups excluding carboxylic acids is 1. The van der Waals surface area contributed by atoms with Crippen molar-refractivity contribution in [3.8, 4) is 0 Å². The first-order valence-electron chi connectivity index (χ1n) is 7.08. The van der Waals surface area contributed by atoms with Crippen LogP contribution in [0.5, 0.6) is 0 Å². The normalized spacial score (nSPS) is 22.2. The fraction of sp³-hybridized carbons (Fsp3) is 0.533. The molecule has 0 spiro atoms. The molecule has 1 aliphatic rings. The first kappa shape index (κ1) is 15.3. The van der Waals surface area contributed by atoms with Gasteiger partial charge in [-0.2, -0.15) is 0 Å². The van der Waals surface area contributed by atoms with Crippen LogP contribution in [0.3, 0.4) is 0 Å². The van der Waals surface area contributed by atoms with E-state index in [2.05, 4.69) is 30.0 Å². The molecule has 2 unspecified atom stereocenters. The molecular weight excluding hydrogens is 274 g/mol. The van der Waals surface area contributed by atoms with Gasteiger partial charge in [-0.25, -0.2) is 5.43 Å². The fourth-order valence-electron chi connectivity index (χ4n) is 2.46. The van der Waals surface area contributed by atoms with E-state index in [1.54, 1.807) is 0 Å². The van der Waals surface area contributed by atoms with E-state index in [1.807, 2.05) is 24.3 Å². The summed E-state index contributed by atoms with van der Waals surface area (Å²) in [6.45, 7) is 4.84. The average molecular weight is 296 g/mol. The van der Waals surface area contributed by atoms with Crippen molar-refractivity contribution in [2.45, 2.75) is 45.3 Å². The van der Waals surface area contributed by atoms with Gasteiger partial charge in [0.25, 0.3) is 0 Å².